The molecule has 41 heavy (non-hydrogen) atoms. The van der Waals surface area contributed by atoms with Gasteiger partial charge in [-0.05, 0) is 0 Å². The van der Waals surface area contributed by atoms with Crippen LogP contribution in [0, 0.1) is 0 Å². The van der Waals surface area contributed by atoms with Gasteiger partial charge in [-0.2, -0.15) is 0 Å². The average molecular weight is 626 g/mol. The molecule has 0 heterocycles. The standard InChI is InChI=1S/C24H52NO15P/c25-41(28,39-23-21-37-19-17-35-15-13-33-11-9-31-7-5-29-3-1-26)40-24-22-38-20-18-36-16-14-34-12-10-32-8-6-30-4-2-27/h26-27H,1-24H2,(H2,25,28). The summed E-state index contributed by atoms with van der Waals surface area (Å²) >= 11 is 0. The summed E-state index contributed by atoms with van der Waals surface area (Å²) in [6, 6.07) is 0. The highest BCUT2D eigenvalue weighted by molar-refractivity contribution is 7.51. The minimum absolute atomic E-state index is 0.00468. The number of nitrogens with two attached hydrogens (primary N) is 1. The molecule has 0 aliphatic rings. The van der Waals surface area contributed by atoms with Crippen LogP contribution in [0.25, 0.3) is 0 Å². The van der Waals surface area contributed by atoms with Gasteiger partial charge in [-0.25, -0.2) is 10.1 Å². The molecule has 0 bridgehead atoms. The van der Waals surface area contributed by atoms with Crippen molar-refractivity contribution in [2.45, 2.75) is 0 Å². The summed E-state index contributed by atoms with van der Waals surface area (Å²) in [5.41, 5.74) is 5.52. The fourth-order valence-corrected chi connectivity index (χ4v) is 3.31. The van der Waals surface area contributed by atoms with Crippen LogP contribution in [-0.4, -0.2) is 169 Å². The van der Waals surface area contributed by atoms with Crippen LogP contribution < -0.4 is 5.50 Å². The van der Waals surface area contributed by atoms with E-state index in [0.29, 0.717) is 119 Å². The van der Waals surface area contributed by atoms with Crippen LogP contribution in [0.5, 0.6) is 0 Å². The van der Waals surface area contributed by atoms with E-state index in [9.17, 15) is 4.57 Å². The highest BCUT2D eigenvalue weighted by atomic mass is 31.2. The first-order valence-corrected chi connectivity index (χ1v) is 15.4. The van der Waals surface area contributed by atoms with Gasteiger partial charge in [-0.15, -0.1) is 0 Å². The predicted molar refractivity (Wildman–Crippen MR) is 146 cm³/mol. The number of hydrogen-bond acceptors (Lipinski definition) is 15. The molecule has 0 amide bonds. The van der Waals surface area contributed by atoms with Crippen LogP contribution >= 0.6 is 7.75 Å². The molecular weight excluding hydrogens is 573 g/mol. The van der Waals surface area contributed by atoms with E-state index in [0.717, 1.165) is 0 Å². The average Bonchev–Trinajstić information content (AvgIpc) is 2.96. The lowest BCUT2D eigenvalue weighted by molar-refractivity contribution is -0.0161. The molecule has 4 N–H and O–H groups in total. The largest absolute Gasteiger partial charge is 0.403 e. The molecule has 0 spiro atoms. The van der Waals surface area contributed by atoms with Crippen LogP contribution in [0.2, 0.25) is 0 Å². The Balaban J connectivity index is 3.26. The van der Waals surface area contributed by atoms with Gasteiger partial charge in [0.05, 0.1) is 159 Å². The summed E-state index contributed by atoms with van der Waals surface area (Å²) in [6.45, 7) is 7.86. The van der Waals surface area contributed by atoms with E-state index < -0.39 is 7.75 Å². The number of ether oxygens (including phenoxy) is 10. The van der Waals surface area contributed by atoms with Crippen molar-refractivity contribution in [3.63, 3.8) is 0 Å². The maximum Gasteiger partial charge on any atom is 0.403 e. The fourth-order valence-electron chi connectivity index (χ4n) is 2.58. The van der Waals surface area contributed by atoms with E-state index in [1.165, 1.54) is 0 Å². The topological polar surface area (TPSA) is 194 Å². The molecule has 0 rings (SSSR count). The van der Waals surface area contributed by atoms with Crippen molar-refractivity contribution >= 4 is 7.75 Å². The SMILES string of the molecule is NP(=O)(OCCOCCOCCOCCOCCOCCO)OCCOCCOCCOCCOCCOCCO. The van der Waals surface area contributed by atoms with Crippen LogP contribution in [0.15, 0.2) is 0 Å². The van der Waals surface area contributed by atoms with Gasteiger partial charge in [-0.1, -0.05) is 0 Å². The number of rotatable bonds is 36. The van der Waals surface area contributed by atoms with Gasteiger partial charge in [0.25, 0.3) is 0 Å². The first kappa shape index (κ1) is 40.6. The maximum atomic E-state index is 12.0. The zero-order chi connectivity index (χ0) is 30.0. The molecule has 16 nitrogen and oxygen atoms in total. The van der Waals surface area contributed by atoms with E-state index >= 15 is 0 Å². The van der Waals surface area contributed by atoms with Crippen LogP contribution in [-0.2, 0) is 61.0 Å². The van der Waals surface area contributed by atoms with E-state index in [1.807, 2.05) is 0 Å². The van der Waals surface area contributed by atoms with Gasteiger partial charge in [0.1, 0.15) is 0 Å². The van der Waals surface area contributed by atoms with Crippen molar-refractivity contribution in [1.82, 2.24) is 0 Å². The molecule has 0 saturated carbocycles. The van der Waals surface area contributed by atoms with Crippen LogP contribution in [0.4, 0.5) is 0 Å². The lowest BCUT2D eigenvalue weighted by Crippen LogP contribution is -2.15. The highest BCUT2D eigenvalue weighted by Crippen LogP contribution is 2.38. The van der Waals surface area contributed by atoms with Crippen molar-refractivity contribution in [3.05, 3.63) is 0 Å². The Kier molecular flexibility index (Phi) is 33.8. The summed E-state index contributed by atoms with van der Waals surface area (Å²) in [5, 5.41) is 17.1. The first-order valence-electron chi connectivity index (χ1n) is 13.8. The van der Waals surface area contributed by atoms with Crippen LogP contribution in [0.3, 0.4) is 0 Å². The lowest BCUT2D eigenvalue weighted by Gasteiger charge is -2.14. The van der Waals surface area contributed by atoms with Gasteiger partial charge in [0.15, 0.2) is 0 Å². The molecule has 0 radical (unpaired) electrons. The Morgan fingerprint density at radius 3 is 0.707 bits per heavy atom. The molecule has 248 valence electrons. The second kappa shape index (κ2) is 34.1. The summed E-state index contributed by atoms with van der Waals surface area (Å²) in [5.74, 6) is 0. The van der Waals surface area contributed by atoms with E-state index in [2.05, 4.69) is 0 Å². The molecule has 0 aromatic rings. The Morgan fingerprint density at radius 1 is 0.341 bits per heavy atom. The number of aliphatic hydroxyl groups excluding tert-OH is 2. The Bertz CT molecular complexity index is 511. The van der Waals surface area contributed by atoms with Crippen molar-refractivity contribution in [2.24, 2.45) is 5.50 Å². The smallest absolute Gasteiger partial charge is 0.394 e. The summed E-state index contributed by atoms with van der Waals surface area (Å²) in [7, 11) is -3.68. The van der Waals surface area contributed by atoms with Crippen molar-refractivity contribution < 1.29 is 71.2 Å². The molecule has 0 unspecified atom stereocenters. The number of hydrogen-bond donors (Lipinski definition) is 3. The molecule has 0 aliphatic carbocycles. The van der Waals surface area contributed by atoms with Gasteiger partial charge in [0, 0.05) is 0 Å². The Labute approximate surface area is 243 Å². The third-order valence-electron chi connectivity index (χ3n) is 4.45. The van der Waals surface area contributed by atoms with E-state index in [4.69, 9.17) is 72.1 Å². The Hall–Kier alpha value is -0.370. The fraction of sp³-hybridized carbons (Fsp3) is 1.00. The molecule has 17 heteroatoms. The second-order valence-corrected chi connectivity index (χ2v) is 9.37. The highest BCUT2D eigenvalue weighted by Gasteiger charge is 2.17. The summed E-state index contributed by atoms with van der Waals surface area (Å²) in [6.07, 6.45) is 0. The zero-order valence-electron chi connectivity index (χ0n) is 24.2. The normalized spacial score (nSPS) is 12.0. The van der Waals surface area contributed by atoms with Crippen molar-refractivity contribution in [3.8, 4) is 0 Å². The van der Waals surface area contributed by atoms with Crippen molar-refractivity contribution in [2.75, 3.05) is 159 Å². The molecule has 0 saturated heterocycles. The van der Waals surface area contributed by atoms with E-state index in [1.54, 1.807) is 0 Å². The monoisotopic (exact) mass is 625 g/mol. The quantitative estimate of drug-likeness (QED) is 0.0580. The summed E-state index contributed by atoms with van der Waals surface area (Å²) in [4.78, 5) is 0. The molecule has 0 atom stereocenters. The molecule has 0 fully saturated rings. The second-order valence-electron chi connectivity index (χ2n) is 7.78. The predicted octanol–water partition coefficient (Wildman–Crippen LogP) is -0.763. The first-order chi connectivity index (χ1) is 20.1. The van der Waals surface area contributed by atoms with Gasteiger partial charge in [0.2, 0.25) is 0 Å². The minimum Gasteiger partial charge on any atom is -0.394 e. The van der Waals surface area contributed by atoms with Gasteiger partial charge < -0.3 is 57.6 Å². The Morgan fingerprint density at radius 2 is 0.512 bits per heavy atom. The van der Waals surface area contributed by atoms with Gasteiger partial charge >= 0.3 is 7.75 Å². The van der Waals surface area contributed by atoms with Crippen LogP contribution in [0.1, 0.15) is 0 Å². The maximum absolute atomic E-state index is 12.0. The molecule has 0 aromatic carbocycles. The lowest BCUT2D eigenvalue weighted by atomic mass is 10.7. The minimum atomic E-state index is -3.68. The third-order valence-corrected chi connectivity index (χ3v) is 5.53. The molecule has 0 aromatic heterocycles. The summed E-state index contributed by atoms with van der Waals surface area (Å²) < 4.78 is 75.0. The number of aliphatic hydroxyl groups is 2. The van der Waals surface area contributed by atoms with Crippen molar-refractivity contribution in [1.29, 1.82) is 0 Å². The third kappa shape index (κ3) is 35.7. The molecular formula is C24H52NO15P. The van der Waals surface area contributed by atoms with Gasteiger partial charge in [-0.3, -0.25) is 9.05 Å². The zero-order valence-corrected chi connectivity index (χ0v) is 25.1. The molecule has 0 aliphatic heterocycles. The van der Waals surface area contributed by atoms with E-state index in [-0.39, 0.29) is 39.6 Å².